The van der Waals surface area contributed by atoms with Crippen molar-refractivity contribution < 1.29 is 19.4 Å². The lowest BCUT2D eigenvalue weighted by atomic mass is 9.81. The Morgan fingerprint density at radius 3 is 2.78 bits per heavy atom. The van der Waals surface area contributed by atoms with E-state index in [0.29, 0.717) is 44.5 Å². The molecule has 2 fully saturated rings. The number of ether oxygens (including phenoxy) is 1. The van der Waals surface area contributed by atoms with E-state index in [1.165, 1.54) is 32.1 Å². The fourth-order valence-electron chi connectivity index (χ4n) is 6.08. The van der Waals surface area contributed by atoms with Gasteiger partial charge in [0.05, 0.1) is 25.4 Å². The molecule has 0 radical (unpaired) electrons. The number of fused-ring (bicyclic) bond motifs is 2. The Morgan fingerprint density at radius 1 is 1.19 bits per heavy atom. The molecule has 37 heavy (non-hydrogen) atoms. The number of hydrogen-bond donors (Lipinski definition) is 2. The fraction of sp³-hybridized carbons (Fsp3) is 0.690. The summed E-state index contributed by atoms with van der Waals surface area (Å²) in [5.41, 5.74) is 1.88. The van der Waals surface area contributed by atoms with Gasteiger partial charge in [-0.05, 0) is 50.2 Å². The van der Waals surface area contributed by atoms with Gasteiger partial charge in [0.1, 0.15) is 12.3 Å². The van der Waals surface area contributed by atoms with Crippen LogP contribution in [0.2, 0.25) is 0 Å². The first kappa shape index (κ1) is 27.4. The number of hydrogen-bond acceptors (Lipinski definition) is 6. The maximum Gasteiger partial charge on any atom is 0.246 e. The summed E-state index contributed by atoms with van der Waals surface area (Å²) in [6, 6.07) is 6.14. The molecule has 204 valence electrons. The number of aliphatic hydroxyl groups excluding tert-OH is 1. The molecule has 2 aliphatic heterocycles. The Hall–Kier alpha value is -2.61. The van der Waals surface area contributed by atoms with Gasteiger partial charge >= 0.3 is 0 Å². The SMILES string of the molecule is CCCC(C1CCCCC1)N(CCO)C(=O)CCCCCCOc1cccc2c1CN1CC(=O)NC1=N2. The van der Waals surface area contributed by atoms with E-state index < -0.39 is 0 Å². The molecule has 1 saturated carbocycles. The van der Waals surface area contributed by atoms with Crippen LogP contribution in [0.3, 0.4) is 0 Å². The van der Waals surface area contributed by atoms with Crippen molar-refractivity contribution in [2.75, 3.05) is 26.3 Å². The number of nitrogens with one attached hydrogen (secondary N) is 1. The second-order valence-electron chi connectivity index (χ2n) is 10.7. The molecule has 0 spiro atoms. The molecule has 3 aliphatic rings. The Kier molecular flexibility index (Phi) is 10.2. The summed E-state index contributed by atoms with van der Waals surface area (Å²) in [6.07, 6.45) is 12.7. The van der Waals surface area contributed by atoms with Crippen LogP contribution < -0.4 is 10.1 Å². The third-order valence-electron chi connectivity index (χ3n) is 7.95. The van der Waals surface area contributed by atoms with Gasteiger partial charge < -0.3 is 19.6 Å². The van der Waals surface area contributed by atoms with Crippen LogP contribution in [-0.4, -0.2) is 65.0 Å². The smallest absolute Gasteiger partial charge is 0.246 e. The van der Waals surface area contributed by atoms with E-state index in [0.717, 1.165) is 55.5 Å². The van der Waals surface area contributed by atoms with Crippen molar-refractivity contribution in [1.82, 2.24) is 15.1 Å². The van der Waals surface area contributed by atoms with Crippen LogP contribution in [0.5, 0.6) is 5.75 Å². The minimum Gasteiger partial charge on any atom is -0.493 e. The average Bonchev–Trinajstić information content (AvgIpc) is 3.28. The molecule has 2 amide bonds. The Morgan fingerprint density at radius 2 is 2.00 bits per heavy atom. The van der Waals surface area contributed by atoms with Crippen LogP contribution in [0.1, 0.15) is 89.5 Å². The number of amides is 2. The van der Waals surface area contributed by atoms with Gasteiger partial charge in [-0.2, -0.15) is 0 Å². The third-order valence-corrected chi connectivity index (χ3v) is 7.95. The molecule has 0 bridgehead atoms. The summed E-state index contributed by atoms with van der Waals surface area (Å²) < 4.78 is 6.10. The van der Waals surface area contributed by atoms with Gasteiger partial charge in [0.2, 0.25) is 17.8 Å². The van der Waals surface area contributed by atoms with Crippen LogP contribution in [0.15, 0.2) is 23.2 Å². The lowest BCUT2D eigenvalue weighted by Crippen LogP contribution is -2.46. The normalized spacial score (nSPS) is 18.1. The average molecular weight is 513 g/mol. The van der Waals surface area contributed by atoms with Crippen molar-refractivity contribution in [3.8, 4) is 5.75 Å². The van der Waals surface area contributed by atoms with Crippen molar-refractivity contribution in [1.29, 1.82) is 0 Å². The molecule has 1 saturated heterocycles. The van der Waals surface area contributed by atoms with Crippen LogP contribution in [0.25, 0.3) is 0 Å². The van der Waals surface area contributed by atoms with E-state index in [2.05, 4.69) is 17.2 Å². The quantitative estimate of drug-likeness (QED) is 0.358. The summed E-state index contributed by atoms with van der Waals surface area (Å²) in [7, 11) is 0. The molecule has 0 aromatic heterocycles. The van der Waals surface area contributed by atoms with E-state index in [-0.39, 0.29) is 24.5 Å². The molecule has 1 atom stereocenters. The van der Waals surface area contributed by atoms with Gasteiger partial charge in [-0.1, -0.05) is 51.5 Å². The zero-order chi connectivity index (χ0) is 26.0. The highest BCUT2D eigenvalue weighted by Crippen LogP contribution is 2.34. The van der Waals surface area contributed by atoms with Gasteiger partial charge in [-0.15, -0.1) is 0 Å². The van der Waals surface area contributed by atoms with Gasteiger partial charge in [0, 0.05) is 24.6 Å². The molecule has 2 N–H and O–H groups in total. The van der Waals surface area contributed by atoms with Crippen molar-refractivity contribution in [2.24, 2.45) is 10.9 Å². The van der Waals surface area contributed by atoms with E-state index >= 15 is 0 Å². The molecular formula is C29H44N4O4. The standard InChI is InChI=1S/C29H44N4O4/c1-2-11-25(22-12-6-5-7-13-22)33(17-18-34)28(36)16-8-3-4-9-19-37-26-15-10-14-24-23(26)20-32-21-27(35)31-29(32)30-24/h10,14-15,22,25,34H,2-9,11-13,16-21H2,1H3,(H,30,31,35). The van der Waals surface area contributed by atoms with E-state index in [9.17, 15) is 14.7 Å². The van der Waals surface area contributed by atoms with Crippen LogP contribution in [0, 0.1) is 5.92 Å². The molecule has 1 aliphatic carbocycles. The third kappa shape index (κ3) is 7.24. The number of benzene rings is 1. The van der Waals surface area contributed by atoms with Crippen LogP contribution >= 0.6 is 0 Å². The number of unbranched alkanes of at least 4 members (excludes halogenated alkanes) is 3. The Balaban J connectivity index is 1.18. The lowest BCUT2D eigenvalue weighted by molar-refractivity contribution is -0.136. The molecular weight excluding hydrogens is 468 g/mol. The Labute approximate surface area is 221 Å². The molecule has 1 aromatic rings. The minimum absolute atomic E-state index is 0.0261. The number of nitrogens with zero attached hydrogens (tertiary/aromatic N) is 3. The molecule has 2 heterocycles. The predicted molar refractivity (Wildman–Crippen MR) is 145 cm³/mol. The highest BCUT2D eigenvalue weighted by Gasteiger charge is 2.31. The minimum atomic E-state index is -0.0261. The number of rotatable bonds is 14. The second kappa shape index (κ2) is 13.8. The molecule has 8 heteroatoms. The van der Waals surface area contributed by atoms with Crippen molar-refractivity contribution in [3.63, 3.8) is 0 Å². The van der Waals surface area contributed by atoms with Crippen LogP contribution in [-0.2, 0) is 16.1 Å². The van der Waals surface area contributed by atoms with Crippen molar-refractivity contribution >= 4 is 23.5 Å². The maximum atomic E-state index is 13.2. The number of aliphatic imine (C=N–C) groups is 1. The maximum absolute atomic E-state index is 13.2. The van der Waals surface area contributed by atoms with Crippen molar-refractivity contribution in [2.45, 2.75) is 96.6 Å². The summed E-state index contributed by atoms with van der Waals surface area (Å²) >= 11 is 0. The van der Waals surface area contributed by atoms with Gasteiger partial charge in [0.25, 0.3) is 0 Å². The summed E-state index contributed by atoms with van der Waals surface area (Å²) in [4.78, 5) is 33.4. The van der Waals surface area contributed by atoms with Gasteiger partial charge in [0.15, 0.2) is 0 Å². The summed E-state index contributed by atoms with van der Waals surface area (Å²) in [5, 5.41) is 12.5. The number of carbonyl (C=O) groups is 2. The summed E-state index contributed by atoms with van der Waals surface area (Å²) in [6.45, 7) is 4.27. The van der Waals surface area contributed by atoms with E-state index in [1.54, 1.807) is 0 Å². The van der Waals surface area contributed by atoms with Gasteiger partial charge in [-0.25, -0.2) is 4.99 Å². The molecule has 1 aromatic carbocycles. The predicted octanol–water partition coefficient (Wildman–Crippen LogP) is 4.52. The molecule has 8 nitrogen and oxygen atoms in total. The first-order valence-corrected chi connectivity index (χ1v) is 14.4. The molecule has 1 unspecified atom stereocenters. The highest BCUT2D eigenvalue weighted by atomic mass is 16.5. The summed E-state index contributed by atoms with van der Waals surface area (Å²) in [5.74, 6) is 2.23. The first-order chi connectivity index (χ1) is 18.1. The number of carbonyl (C=O) groups excluding carboxylic acids is 2. The van der Waals surface area contributed by atoms with E-state index in [4.69, 9.17) is 4.74 Å². The largest absolute Gasteiger partial charge is 0.493 e. The highest BCUT2D eigenvalue weighted by molar-refractivity contribution is 6.05. The zero-order valence-corrected chi connectivity index (χ0v) is 22.4. The van der Waals surface area contributed by atoms with Crippen LogP contribution in [0.4, 0.5) is 5.69 Å². The Bertz CT molecular complexity index is 944. The first-order valence-electron chi connectivity index (χ1n) is 14.4. The molecule has 4 rings (SSSR count). The van der Waals surface area contributed by atoms with Gasteiger partial charge in [-0.3, -0.25) is 14.9 Å². The second-order valence-corrected chi connectivity index (χ2v) is 10.7. The lowest BCUT2D eigenvalue weighted by Gasteiger charge is -2.39. The number of guanidine groups is 1. The van der Waals surface area contributed by atoms with Crippen molar-refractivity contribution in [3.05, 3.63) is 23.8 Å². The van der Waals surface area contributed by atoms with E-state index in [1.807, 2.05) is 28.0 Å². The zero-order valence-electron chi connectivity index (χ0n) is 22.4. The monoisotopic (exact) mass is 512 g/mol. The number of aliphatic hydroxyl groups is 1. The fourth-order valence-corrected chi connectivity index (χ4v) is 6.08. The topological polar surface area (TPSA) is 94.5 Å².